The Kier molecular flexibility index (Phi) is 6.54. The van der Waals surface area contributed by atoms with Gasteiger partial charge in [0.25, 0.3) is 5.91 Å². The second-order valence-corrected chi connectivity index (χ2v) is 8.07. The summed E-state index contributed by atoms with van der Waals surface area (Å²) >= 11 is 0. The normalized spacial score (nSPS) is 14.3. The molecule has 4 rings (SSSR count). The molecule has 166 valence electrons. The summed E-state index contributed by atoms with van der Waals surface area (Å²) in [7, 11) is 1.62. The van der Waals surface area contributed by atoms with Crippen molar-refractivity contribution in [1.82, 2.24) is 14.7 Å². The predicted molar refractivity (Wildman–Crippen MR) is 121 cm³/mol. The largest absolute Gasteiger partial charge is 0.497 e. The first-order valence-corrected chi connectivity index (χ1v) is 10.9. The number of rotatable bonds is 7. The predicted octanol–water partition coefficient (Wildman–Crippen LogP) is 4.26. The molecule has 0 saturated carbocycles. The Labute approximate surface area is 187 Å². The summed E-state index contributed by atoms with van der Waals surface area (Å²) in [4.78, 5) is 26.2. The van der Waals surface area contributed by atoms with Gasteiger partial charge in [-0.2, -0.15) is 5.10 Å². The van der Waals surface area contributed by atoms with Crippen molar-refractivity contribution in [3.63, 3.8) is 0 Å². The quantitative estimate of drug-likeness (QED) is 0.602. The minimum Gasteiger partial charge on any atom is -0.497 e. The Balaban J connectivity index is 1.59. The lowest BCUT2D eigenvalue weighted by molar-refractivity contribution is -0.137. The number of piperidine rings is 1. The molecule has 7 heteroatoms. The summed E-state index contributed by atoms with van der Waals surface area (Å²) in [5.74, 6) is 0.284. The number of carbonyl (C=O) groups excluding carboxylic acids is 1. The number of methoxy groups -OCH3 is 1. The molecule has 0 aliphatic carbocycles. The lowest BCUT2D eigenvalue weighted by Gasteiger charge is -2.31. The molecule has 32 heavy (non-hydrogen) atoms. The first kappa shape index (κ1) is 21.6. The van der Waals surface area contributed by atoms with E-state index < -0.39 is 5.97 Å². The van der Waals surface area contributed by atoms with E-state index in [0.717, 1.165) is 29.8 Å². The standard InChI is InChI=1S/C25H27N3O4/c1-32-21-10-8-19(9-11-21)24-22(17-28(26-24)20-5-3-2-4-6-20)25(31)27-15-13-18(14-16-27)7-12-23(29)30/h2-6,8-11,17-18H,7,12-16H2,1H3,(H,29,30). The zero-order valence-electron chi connectivity index (χ0n) is 18.1. The SMILES string of the molecule is COc1ccc(-c2nn(-c3ccccc3)cc2C(=O)N2CCC(CCC(=O)O)CC2)cc1. The van der Waals surface area contributed by atoms with Crippen LogP contribution in [0.5, 0.6) is 5.75 Å². The van der Waals surface area contributed by atoms with Crippen LogP contribution in [0.4, 0.5) is 0 Å². The molecule has 1 N–H and O–H groups in total. The molecule has 0 spiro atoms. The van der Waals surface area contributed by atoms with Crippen LogP contribution in [0, 0.1) is 5.92 Å². The number of likely N-dealkylation sites (tertiary alicyclic amines) is 1. The number of carboxylic acids is 1. The van der Waals surface area contributed by atoms with E-state index in [9.17, 15) is 9.59 Å². The minimum absolute atomic E-state index is 0.0466. The number of carbonyl (C=O) groups is 2. The molecule has 1 fully saturated rings. The minimum atomic E-state index is -0.763. The zero-order chi connectivity index (χ0) is 22.5. The van der Waals surface area contributed by atoms with Crippen molar-refractivity contribution in [3.8, 4) is 22.7 Å². The number of ether oxygens (including phenoxy) is 1. The van der Waals surface area contributed by atoms with Crippen LogP contribution in [0.3, 0.4) is 0 Å². The highest BCUT2D eigenvalue weighted by Gasteiger charge is 2.27. The van der Waals surface area contributed by atoms with Crippen molar-refractivity contribution >= 4 is 11.9 Å². The van der Waals surface area contributed by atoms with Gasteiger partial charge in [0.15, 0.2) is 0 Å². The molecule has 1 saturated heterocycles. The van der Waals surface area contributed by atoms with Gasteiger partial charge in [-0.25, -0.2) is 4.68 Å². The second kappa shape index (κ2) is 9.68. The summed E-state index contributed by atoms with van der Waals surface area (Å²) < 4.78 is 7.00. The van der Waals surface area contributed by atoms with Gasteiger partial charge in [0.2, 0.25) is 0 Å². The summed E-state index contributed by atoms with van der Waals surface area (Å²) in [5, 5.41) is 13.7. The highest BCUT2D eigenvalue weighted by Crippen LogP contribution is 2.29. The van der Waals surface area contributed by atoms with Gasteiger partial charge < -0.3 is 14.7 Å². The van der Waals surface area contributed by atoms with E-state index in [0.29, 0.717) is 36.7 Å². The third-order valence-corrected chi connectivity index (χ3v) is 6.00. The summed E-state index contributed by atoms with van der Waals surface area (Å²) in [6, 6.07) is 17.3. The Bertz CT molecular complexity index is 1070. The van der Waals surface area contributed by atoms with E-state index in [1.54, 1.807) is 18.0 Å². The molecule has 0 bridgehead atoms. The Hall–Kier alpha value is -3.61. The van der Waals surface area contributed by atoms with E-state index in [1.807, 2.05) is 59.5 Å². The average Bonchev–Trinajstić information content (AvgIpc) is 3.29. The number of carboxylic acid groups (broad SMARTS) is 1. The molecule has 2 heterocycles. The van der Waals surface area contributed by atoms with Gasteiger partial charge in [-0.15, -0.1) is 0 Å². The fraction of sp³-hybridized carbons (Fsp3) is 0.320. The molecule has 1 aromatic heterocycles. The lowest BCUT2D eigenvalue weighted by Crippen LogP contribution is -2.38. The topological polar surface area (TPSA) is 84.7 Å². The van der Waals surface area contributed by atoms with Gasteiger partial charge in [-0.3, -0.25) is 9.59 Å². The molecular weight excluding hydrogens is 406 g/mol. The average molecular weight is 434 g/mol. The first-order chi connectivity index (χ1) is 15.5. The maximum absolute atomic E-state index is 13.5. The van der Waals surface area contributed by atoms with Crippen LogP contribution in [0.2, 0.25) is 0 Å². The maximum atomic E-state index is 13.5. The van der Waals surface area contributed by atoms with Gasteiger partial charge in [0.05, 0.1) is 18.4 Å². The Morgan fingerprint density at radius 3 is 2.38 bits per heavy atom. The van der Waals surface area contributed by atoms with Gasteiger partial charge in [-0.05, 0) is 61.6 Å². The zero-order valence-corrected chi connectivity index (χ0v) is 18.1. The summed E-state index contributed by atoms with van der Waals surface area (Å²) in [6.07, 6.45) is 4.30. The number of benzene rings is 2. The van der Waals surface area contributed by atoms with Gasteiger partial charge in [-0.1, -0.05) is 18.2 Å². The van der Waals surface area contributed by atoms with Gasteiger partial charge >= 0.3 is 5.97 Å². The molecule has 3 aromatic rings. The third kappa shape index (κ3) is 4.82. The molecule has 7 nitrogen and oxygen atoms in total. The van der Waals surface area contributed by atoms with Gasteiger partial charge in [0, 0.05) is 31.3 Å². The number of para-hydroxylation sites is 1. The van der Waals surface area contributed by atoms with E-state index in [4.69, 9.17) is 14.9 Å². The van der Waals surface area contributed by atoms with Crippen LogP contribution in [0.15, 0.2) is 60.8 Å². The van der Waals surface area contributed by atoms with Crippen LogP contribution in [0.1, 0.15) is 36.0 Å². The van der Waals surface area contributed by atoms with Crippen molar-refractivity contribution in [2.45, 2.75) is 25.7 Å². The van der Waals surface area contributed by atoms with E-state index >= 15 is 0 Å². The summed E-state index contributed by atoms with van der Waals surface area (Å²) in [6.45, 7) is 1.25. The maximum Gasteiger partial charge on any atom is 0.303 e. The van der Waals surface area contributed by atoms with Crippen LogP contribution >= 0.6 is 0 Å². The monoisotopic (exact) mass is 433 g/mol. The van der Waals surface area contributed by atoms with Crippen LogP contribution in [-0.2, 0) is 4.79 Å². The van der Waals surface area contributed by atoms with E-state index in [2.05, 4.69) is 0 Å². The van der Waals surface area contributed by atoms with Crippen molar-refractivity contribution in [1.29, 1.82) is 0 Å². The molecule has 0 atom stereocenters. The third-order valence-electron chi connectivity index (χ3n) is 6.00. The Morgan fingerprint density at radius 1 is 1.06 bits per heavy atom. The molecule has 1 amide bonds. The summed E-state index contributed by atoms with van der Waals surface area (Å²) in [5.41, 5.74) is 2.92. The molecular formula is C25H27N3O4. The first-order valence-electron chi connectivity index (χ1n) is 10.9. The number of aromatic nitrogens is 2. The van der Waals surface area contributed by atoms with E-state index in [1.165, 1.54) is 0 Å². The number of amides is 1. The smallest absolute Gasteiger partial charge is 0.303 e. The highest BCUT2D eigenvalue weighted by atomic mass is 16.5. The van der Waals surface area contributed by atoms with Crippen molar-refractivity contribution in [3.05, 3.63) is 66.4 Å². The number of aliphatic carboxylic acids is 1. The van der Waals surface area contributed by atoms with Crippen LogP contribution in [0.25, 0.3) is 16.9 Å². The van der Waals surface area contributed by atoms with E-state index in [-0.39, 0.29) is 12.3 Å². The highest BCUT2D eigenvalue weighted by molar-refractivity contribution is 6.00. The lowest BCUT2D eigenvalue weighted by atomic mass is 9.92. The Morgan fingerprint density at radius 2 is 1.75 bits per heavy atom. The van der Waals surface area contributed by atoms with Crippen LogP contribution < -0.4 is 4.74 Å². The number of nitrogens with zero attached hydrogens (tertiary/aromatic N) is 3. The van der Waals surface area contributed by atoms with Crippen LogP contribution in [-0.4, -0.2) is 51.9 Å². The number of hydrogen-bond donors (Lipinski definition) is 1. The second-order valence-electron chi connectivity index (χ2n) is 8.07. The molecule has 2 aromatic carbocycles. The molecule has 0 unspecified atom stereocenters. The fourth-order valence-corrected chi connectivity index (χ4v) is 4.13. The van der Waals surface area contributed by atoms with Crippen molar-refractivity contribution in [2.24, 2.45) is 5.92 Å². The molecule has 0 radical (unpaired) electrons. The van der Waals surface area contributed by atoms with Crippen molar-refractivity contribution in [2.75, 3.05) is 20.2 Å². The fourth-order valence-electron chi connectivity index (χ4n) is 4.13. The van der Waals surface area contributed by atoms with Gasteiger partial charge in [0.1, 0.15) is 11.4 Å². The number of hydrogen-bond acceptors (Lipinski definition) is 4. The van der Waals surface area contributed by atoms with Crippen molar-refractivity contribution < 1.29 is 19.4 Å². The molecule has 1 aliphatic heterocycles. The molecule has 1 aliphatic rings.